The van der Waals surface area contributed by atoms with E-state index in [2.05, 4.69) is 0 Å². The summed E-state index contributed by atoms with van der Waals surface area (Å²) in [6, 6.07) is 15.9. The van der Waals surface area contributed by atoms with Crippen LogP contribution in [0.25, 0.3) is 0 Å². The van der Waals surface area contributed by atoms with Crippen LogP contribution in [0.5, 0.6) is 5.75 Å². The molecule has 2 heterocycles. The molecule has 2 aliphatic rings. The molecule has 3 atom stereocenters. The average Bonchev–Trinajstić information content (AvgIpc) is 3.38. The van der Waals surface area contributed by atoms with Crippen LogP contribution < -0.4 is 4.74 Å². The van der Waals surface area contributed by atoms with Gasteiger partial charge in [0.25, 0.3) is 0 Å². The van der Waals surface area contributed by atoms with Gasteiger partial charge in [0.2, 0.25) is 5.91 Å². The molecule has 3 amide bonds. The van der Waals surface area contributed by atoms with Gasteiger partial charge in [0.1, 0.15) is 18.4 Å². The van der Waals surface area contributed by atoms with Crippen molar-refractivity contribution < 1.29 is 29.0 Å². The van der Waals surface area contributed by atoms with Gasteiger partial charge in [-0.1, -0.05) is 42.5 Å². The predicted molar refractivity (Wildman–Crippen MR) is 106 cm³/mol. The largest absolute Gasteiger partial charge is 0.497 e. The maximum atomic E-state index is 13.5. The number of hydrogen-bond acceptors (Lipinski definition) is 5. The molecule has 0 aliphatic carbocycles. The van der Waals surface area contributed by atoms with Gasteiger partial charge in [0.15, 0.2) is 0 Å². The number of benzene rings is 2. The fourth-order valence-electron chi connectivity index (χ4n) is 4.16. The second-order valence-corrected chi connectivity index (χ2v) is 7.39. The molecule has 0 spiro atoms. The van der Waals surface area contributed by atoms with Crippen molar-refractivity contribution >= 4 is 18.1 Å². The molecule has 2 aromatic rings. The minimum Gasteiger partial charge on any atom is -0.497 e. The Hall–Kier alpha value is -3.55. The normalized spacial score (nSPS) is 23.4. The zero-order valence-corrected chi connectivity index (χ0v) is 16.4. The first-order chi connectivity index (χ1) is 14.5. The Bertz CT molecular complexity index is 946. The SMILES string of the molecule is COc1ccc(C2CN(C(=O)O)CC2C(=O)N2C(=O)OC[C@H]2c2ccccc2)cc1. The van der Waals surface area contributed by atoms with Crippen LogP contribution in [-0.2, 0) is 9.53 Å². The van der Waals surface area contributed by atoms with E-state index in [1.165, 1.54) is 4.90 Å². The second-order valence-electron chi connectivity index (χ2n) is 7.39. The van der Waals surface area contributed by atoms with Gasteiger partial charge in [-0.25, -0.2) is 14.5 Å². The Labute approximate surface area is 173 Å². The molecule has 2 unspecified atom stereocenters. The van der Waals surface area contributed by atoms with Crippen LogP contribution >= 0.6 is 0 Å². The molecule has 0 bridgehead atoms. The number of carboxylic acid groups (broad SMARTS) is 1. The summed E-state index contributed by atoms with van der Waals surface area (Å²) in [6.45, 7) is 0.282. The zero-order valence-electron chi connectivity index (χ0n) is 16.4. The Balaban J connectivity index is 1.65. The van der Waals surface area contributed by atoms with Crippen molar-refractivity contribution in [1.82, 2.24) is 9.80 Å². The first kappa shape index (κ1) is 19.8. The second kappa shape index (κ2) is 8.06. The van der Waals surface area contributed by atoms with E-state index in [0.29, 0.717) is 5.75 Å². The molecule has 8 nitrogen and oxygen atoms in total. The van der Waals surface area contributed by atoms with Gasteiger partial charge in [-0.05, 0) is 23.3 Å². The minimum atomic E-state index is -1.09. The Morgan fingerprint density at radius 1 is 1.03 bits per heavy atom. The van der Waals surface area contributed by atoms with E-state index in [1.807, 2.05) is 42.5 Å². The summed E-state index contributed by atoms with van der Waals surface area (Å²) < 4.78 is 10.4. The number of methoxy groups -OCH3 is 1. The zero-order chi connectivity index (χ0) is 21.3. The van der Waals surface area contributed by atoms with E-state index < -0.39 is 30.1 Å². The molecule has 0 radical (unpaired) electrons. The molecule has 156 valence electrons. The summed E-state index contributed by atoms with van der Waals surface area (Å²) >= 11 is 0. The predicted octanol–water partition coefficient (Wildman–Crippen LogP) is 3.11. The molecule has 2 fully saturated rings. The first-order valence-corrected chi connectivity index (χ1v) is 9.66. The molecule has 4 rings (SSSR count). The van der Waals surface area contributed by atoms with Gasteiger partial charge in [-0.3, -0.25) is 4.79 Å². The highest BCUT2D eigenvalue weighted by Gasteiger charge is 2.48. The summed E-state index contributed by atoms with van der Waals surface area (Å²) in [5.41, 5.74) is 1.62. The lowest BCUT2D eigenvalue weighted by Crippen LogP contribution is -2.41. The van der Waals surface area contributed by atoms with Crippen LogP contribution in [0.15, 0.2) is 54.6 Å². The molecule has 2 aliphatic heterocycles. The van der Waals surface area contributed by atoms with Crippen LogP contribution in [0, 0.1) is 5.92 Å². The van der Waals surface area contributed by atoms with Crippen molar-refractivity contribution in [2.45, 2.75) is 12.0 Å². The number of carbonyl (C=O) groups excluding carboxylic acids is 2. The molecule has 0 saturated carbocycles. The highest BCUT2D eigenvalue weighted by molar-refractivity contribution is 5.96. The van der Waals surface area contributed by atoms with E-state index >= 15 is 0 Å². The van der Waals surface area contributed by atoms with Gasteiger partial charge >= 0.3 is 12.2 Å². The van der Waals surface area contributed by atoms with Crippen LogP contribution in [0.1, 0.15) is 23.1 Å². The fraction of sp³-hybridized carbons (Fsp3) is 0.318. The van der Waals surface area contributed by atoms with E-state index in [9.17, 15) is 19.5 Å². The van der Waals surface area contributed by atoms with Crippen molar-refractivity contribution in [1.29, 1.82) is 0 Å². The molecule has 0 aromatic heterocycles. The van der Waals surface area contributed by atoms with Crippen molar-refractivity contribution in [3.05, 3.63) is 65.7 Å². The number of imide groups is 1. The first-order valence-electron chi connectivity index (χ1n) is 9.66. The van der Waals surface area contributed by atoms with E-state index in [-0.39, 0.29) is 25.6 Å². The van der Waals surface area contributed by atoms with Crippen molar-refractivity contribution in [2.75, 3.05) is 26.8 Å². The summed E-state index contributed by atoms with van der Waals surface area (Å²) in [5, 5.41) is 9.50. The summed E-state index contributed by atoms with van der Waals surface area (Å²) in [4.78, 5) is 39.9. The van der Waals surface area contributed by atoms with Gasteiger partial charge < -0.3 is 19.5 Å². The van der Waals surface area contributed by atoms with Crippen LogP contribution in [-0.4, -0.2) is 59.8 Å². The third-order valence-electron chi connectivity index (χ3n) is 5.75. The third-order valence-corrected chi connectivity index (χ3v) is 5.75. The number of rotatable bonds is 4. The van der Waals surface area contributed by atoms with Crippen molar-refractivity contribution in [2.24, 2.45) is 5.92 Å². The number of nitrogens with zero attached hydrogens (tertiary/aromatic N) is 2. The topological polar surface area (TPSA) is 96.4 Å². The van der Waals surface area contributed by atoms with E-state index in [0.717, 1.165) is 16.0 Å². The maximum Gasteiger partial charge on any atom is 0.417 e. The van der Waals surface area contributed by atoms with E-state index in [4.69, 9.17) is 9.47 Å². The van der Waals surface area contributed by atoms with Crippen LogP contribution in [0.4, 0.5) is 9.59 Å². The quantitative estimate of drug-likeness (QED) is 0.832. The number of carbonyl (C=O) groups is 3. The molecule has 2 saturated heterocycles. The third kappa shape index (κ3) is 3.56. The van der Waals surface area contributed by atoms with Gasteiger partial charge in [-0.2, -0.15) is 0 Å². The number of likely N-dealkylation sites (tertiary alicyclic amines) is 1. The summed E-state index contributed by atoms with van der Waals surface area (Å²) in [5.74, 6) is -0.811. The van der Waals surface area contributed by atoms with Crippen molar-refractivity contribution in [3.63, 3.8) is 0 Å². The Morgan fingerprint density at radius 3 is 2.37 bits per heavy atom. The molecule has 1 N–H and O–H groups in total. The van der Waals surface area contributed by atoms with Gasteiger partial charge in [0.05, 0.1) is 13.0 Å². The Morgan fingerprint density at radius 2 is 1.73 bits per heavy atom. The number of cyclic esters (lactones) is 1. The van der Waals surface area contributed by atoms with Crippen LogP contribution in [0.2, 0.25) is 0 Å². The molecule has 30 heavy (non-hydrogen) atoms. The monoisotopic (exact) mass is 410 g/mol. The number of hydrogen-bond donors (Lipinski definition) is 1. The molecule has 8 heteroatoms. The minimum absolute atomic E-state index is 0.0240. The smallest absolute Gasteiger partial charge is 0.417 e. The lowest BCUT2D eigenvalue weighted by molar-refractivity contribution is -0.133. The lowest BCUT2D eigenvalue weighted by Gasteiger charge is -2.25. The maximum absolute atomic E-state index is 13.5. The van der Waals surface area contributed by atoms with Crippen LogP contribution in [0.3, 0.4) is 0 Å². The fourth-order valence-corrected chi connectivity index (χ4v) is 4.16. The lowest BCUT2D eigenvalue weighted by atomic mass is 9.87. The average molecular weight is 410 g/mol. The highest BCUT2D eigenvalue weighted by atomic mass is 16.6. The molecule has 2 aromatic carbocycles. The summed E-state index contributed by atoms with van der Waals surface area (Å²) in [6.07, 6.45) is -1.79. The van der Waals surface area contributed by atoms with Gasteiger partial charge in [0, 0.05) is 19.0 Å². The number of ether oxygens (including phenoxy) is 2. The number of amides is 3. The standard InChI is InChI=1S/C22H22N2O6/c1-29-16-9-7-14(8-10-16)17-11-23(21(26)27)12-18(17)20(25)24-19(13-30-22(24)28)15-5-3-2-4-6-15/h2-10,17-19H,11-13H2,1H3,(H,26,27)/t17?,18?,19-/m0/s1. The summed E-state index contributed by atoms with van der Waals surface area (Å²) in [7, 11) is 1.56. The molecular formula is C22H22N2O6. The van der Waals surface area contributed by atoms with E-state index in [1.54, 1.807) is 19.2 Å². The highest BCUT2D eigenvalue weighted by Crippen LogP contribution is 2.38. The van der Waals surface area contributed by atoms with Crippen molar-refractivity contribution in [3.8, 4) is 5.75 Å². The molecular weight excluding hydrogens is 388 g/mol. The Kier molecular flexibility index (Phi) is 5.31. The van der Waals surface area contributed by atoms with Gasteiger partial charge in [-0.15, -0.1) is 0 Å².